The van der Waals surface area contributed by atoms with Gasteiger partial charge in [-0.05, 0) is 49.6 Å². The first kappa shape index (κ1) is 24.6. The number of benzene rings is 1. The maximum Gasteiger partial charge on any atom is 0.573 e. The van der Waals surface area contributed by atoms with Crippen LogP contribution in [0.5, 0.6) is 5.75 Å². The van der Waals surface area contributed by atoms with Crippen LogP contribution in [0.25, 0.3) is 22.2 Å². The van der Waals surface area contributed by atoms with Gasteiger partial charge in [-0.25, -0.2) is 4.98 Å². The molecule has 0 bridgehead atoms. The van der Waals surface area contributed by atoms with Gasteiger partial charge in [0.25, 0.3) is 5.91 Å². The highest BCUT2D eigenvalue weighted by molar-refractivity contribution is 6.01. The number of rotatable bonds is 5. The van der Waals surface area contributed by atoms with Crippen LogP contribution in [0.1, 0.15) is 38.2 Å². The molecule has 0 aliphatic carbocycles. The number of pyridine rings is 1. The first-order valence-electron chi connectivity index (χ1n) is 11.3. The number of ether oxygens (including phenoxy) is 1. The van der Waals surface area contributed by atoms with E-state index in [1.54, 1.807) is 32.0 Å². The van der Waals surface area contributed by atoms with Gasteiger partial charge in [0.1, 0.15) is 22.6 Å². The standard InChI is InChI=1S/C25H27F3N4O3/c1-15(2)13-31-14-19(16-6-5-7-17(12-16)35-25(26,27)28)18-8-9-20(30-21(18)31)22(33)32-11-10-29-23(34)24(32,3)4/h5-9,12,14-15H,10-11,13H2,1-4H3,(H,29,34). The molecule has 7 nitrogen and oxygen atoms in total. The highest BCUT2D eigenvalue weighted by Gasteiger charge is 2.41. The molecule has 1 fully saturated rings. The van der Waals surface area contributed by atoms with Gasteiger partial charge < -0.3 is 19.5 Å². The van der Waals surface area contributed by atoms with Crippen LogP contribution in [0, 0.1) is 5.92 Å². The van der Waals surface area contributed by atoms with Crippen LogP contribution in [0.2, 0.25) is 0 Å². The number of carbonyl (C=O) groups excluding carboxylic acids is 2. The van der Waals surface area contributed by atoms with Gasteiger partial charge in [0.15, 0.2) is 0 Å². The number of amides is 2. The van der Waals surface area contributed by atoms with Crippen LogP contribution < -0.4 is 10.1 Å². The minimum absolute atomic E-state index is 0.198. The van der Waals surface area contributed by atoms with Crippen molar-refractivity contribution in [2.45, 2.75) is 46.1 Å². The van der Waals surface area contributed by atoms with Crippen LogP contribution >= 0.6 is 0 Å². The van der Waals surface area contributed by atoms with Crippen LogP contribution in [-0.4, -0.2) is 51.3 Å². The van der Waals surface area contributed by atoms with Gasteiger partial charge in [0.05, 0.1) is 0 Å². The van der Waals surface area contributed by atoms with Gasteiger partial charge in [0, 0.05) is 36.8 Å². The summed E-state index contributed by atoms with van der Waals surface area (Å²) < 4.78 is 44.2. The molecule has 2 aromatic heterocycles. The summed E-state index contributed by atoms with van der Waals surface area (Å²) >= 11 is 0. The lowest BCUT2D eigenvalue weighted by atomic mass is 9.98. The van der Waals surface area contributed by atoms with E-state index in [4.69, 9.17) is 0 Å². The predicted molar refractivity (Wildman–Crippen MR) is 125 cm³/mol. The van der Waals surface area contributed by atoms with Crippen molar-refractivity contribution in [3.05, 3.63) is 48.3 Å². The van der Waals surface area contributed by atoms with Crippen molar-refractivity contribution in [1.29, 1.82) is 0 Å². The second-order valence-corrected chi connectivity index (χ2v) is 9.50. The Hall–Kier alpha value is -3.56. The first-order chi connectivity index (χ1) is 16.4. The van der Waals surface area contributed by atoms with Crippen molar-refractivity contribution in [3.8, 4) is 16.9 Å². The second kappa shape index (κ2) is 8.90. The van der Waals surface area contributed by atoms with Crippen LogP contribution in [-0.2, 0) is 11.3 Å². The minimum atomic E-state index is -4.79. The number of fused-ring (bicyclic) bond motifs is 1. The van der Waals surface area contributed by atoms with E-state index < -0.39 is 11.9 Å². The lowest BCUT2D eigenvalue weighted by molar-refractivity contribution is -0.274. The van der Waals surface area contributed by atoms with Crippen molar-refractivity contribution in [3.63, 3.8) is 0 Å². The van der Waals surface area contributed by atoms with Crippen molar-refractivity contribution in [1.82, 2.24) is 19.8 Å². The van der Waals surface area contributed by atoms with Gasteiger partial charge in [-0.2, -0.15) is 0 Å². The maximum absolute atomic E-state index is 13.3. The number of carbonyl (C=O) groups is 2. The molecule has 10 heteroatoms. The molecule has 0 unspecified atom stereocenters. The molecule has 4 rings (SSSR count). The van der Waals surface area contributed by atoms with Crippen molar-refractivity contribution >= 4 is 22.8 Å². The molecule has 2 amide bonds. The van der Waals surface area contributed by atoms with E-state index >= 15 is 0 Å². The van der Waals surface area contributed by atoms with E-state index in [1.165, 1.54) is 23.1 Å². The number of nitrogens with one attached hydrogen (secondary N) is 1. The number of hydrogen-bond donors (Lipinski definition) is 1. The highest BCUT2D eigenvalue weighted by Crippen LogP contribution is 2.34. The summed E-state index contributed by atoms with van der Waals surface area (Å²) in [5.41, 5.74) is 0.937. The van der Waals surface area contributed by atoms with E-state index in [9.17, 15) is 22.8 Å². The van der Waals surface area contributed by atoms with Crippen LogP contribution in [0.3, 0.4) is 0 Å². The van der Waals surface area contributed by atoms with Crippen molar-refractivity contribution in [2.75, 3.05) is 13.1 Å². The highest BCUT2D eigenvalue weighted by atomic mass is 19.4. The molecular weight excluding hydrogens is 461 g/mol. The van der Waals surface area contributed by atoms with Crippen LogP contribution in [0.15, 0.2) is 42.6 Å². The molecule has 3 heterocycles. The third kappa shape index (κ3) is 4.96. The Kier molecular flexibility index (Phi) is 6.25. The molecule has 1 aliphatic heterocycles. The molecule has 0 spiro atoms. The Morgan fingerprint density at radius 1 is 1.23 bits per heavy atom. The zero-order chi connectivity index (χ0) is 25.5. The SMILES string of the molecule is CC(C)Cn1cc(-c2cccc(OC(F)(F)F)c2)c2ccc(C(=O)N3CCNC(=O)C3(C)C)nc21. The predicted octanol–water partition coefficient (Wildman–Crippen LogP) is 4.61. The molecule has 0 atom stereocenters. The monoisotopic (exact) mass is 488 g/mol. The summed E-state index contributed by atoms with van der Waals surface area (Å²) in [6.45, 7) is 8.76. The summed E-state index contributed by atoms with van der Waals surface area (Å²) in [5.74, 6) is -0.648. The van der Waals surface area contributed by atoms with E-state index in [0.29, 0.717) is 41.8 Å². The van der Waals surface area contributed by atoms with E-state index in [1.807, 2.05) is 24.6 Å². The Bertz CT molecular complexity index is 1280. The van der Waals surface area contributed by atoms with Gasteiger partial charge in [-0.1, -0.05) is 26.0 Å². The van der Waals surface area contributed by atoms with Gasteiger partial charge in [0.2, 0.25) is 5.91 Å². The molecule has 1 aliphatic rings. The fraction of sp³-hybridized carbons (Fsp3) is 0.400. The zero-order valence-electron chi connectivity index (χ0n) is 19.9. The maximum atomic E-state index is 13.3. The quantitative estimate of drug-likeness (QED) is 0.569. The molecule has 3 aromatic rings. The van der Waals surface area contributed by atoms with E-state index in [2.05, 4.69) is 15.0 Å². The van der Waals surface area contributed by atoms with E-state index in [0.717, 1.165) is 0 Å². The molecule has 186 valence electrons. The normalized spacial score (nSPS) is 16.0. The van der Waals surface area contributed by atoms with Crippen molar-refractivity contribution < 1.29 is 27.5 Å². The second-order valence-electron chi connectivity index (χ2n) is 9.50. The fourth-order valence-corrected chi connectivity index (χ4v) is 4.30. The summed E-state index contributed by atoms with van der Waals surface area (Å²) in [4.78, 5) is 31.8. The van der Waals surface area contributed by atoms with Gasteiger partial charge in [-0.3, -0.25) is 9.59 Å². The topological polar surface area (TPSA) is 76.5 Å². The van der Waals surface area contributed by atoms with Gasteiger partial charge >= 0.3 is 6.36 Å². The fourth-order valence-electron chi connectivity index (χ4n) is 4.30. The lowest BCUT2D eigenvalue weighted by Gasteiger charge is -2.40. The third-order valence-corrected chi connectivity index (χ3v) is 5.98. The number of aromatic nitrogens is 2. The van der Waals surface area contributed by atoms with Crippen LogP contribution in [0.4, 0.5) is 13.2 Å². The summed E-state index contributed by atoms with van der Waals surface area (Å²) in [6.07, 6.45) is -2.96. The Morgan fingerprint density at radius 2 is 1.97 bits per heavy atom. The first-order valence-corrected chi connectivity index (χ1v) is 11.3. The Balaban J connectivity index is 1.78. The number of alkyl halides is 3. The smallest absolute Gasteiger partial charge is 0.406 e. The molecule has 0 radical (unpaired) electrons. The molecule has 1 aromatic carbocycles. The Labute approximate surface area is 200 Å². The number of piperazine rings is 1. The average molecular weight is 489 g/mol. The minimum Gasteiger partial charge on any atom is -0.406 e. The summed E-state index contributed by atoms with van der Waals surface area (Å²) in [7, 11) is 0. The van der Waals surface area contributed by atoms with Crippen molar-refractivity contribution in [2.24, 2.45) is 5.92 Å². The number of halogens is 3. The van der Waals surface area contributed by atoms with E-state index in [-0.39, 0.29) is 29.2 Å². The molecule has 0 saturated carbocycles. The zero-order valence-corrected chi connectivity index (χ0v) is 19.9. The third-order valence-electron chi connectivity index (χ3n) is 5.98. The molecule has 35 heavy (non-hydrogen) atoms. The number of hydrogen-bond acceptors (Lipinski definition) is 4. The molecule has 1 N–H and O–H groups in total. The number of nitrogens with zero attached hydrogens (tertiary/aromatic N) is 3. The average Bonchev–Trinajstić information content (AvgIpc) is 3.11. The van der Waals surface area contributed by atoms with Gasteiger partial charge in [-0.15, -0.1) is 13.2 Å². The lowest BCUT2D eigenvalue weighted by Crippen LogP contribution is -2.63. The summed E-state index contributed by atoms with van der Waals surface area (Å²) in [6, 6.07) is 9.11. The largest absolute Gasteiger partial charge is 0.573 e. The molecular formula is C25H27F3N4O3. The molecule has 1 saturated heterocycles. The Morgan fingerprint density at radius 3 is 2.66 bits per heavy atom. The summed E-state index contributed by atoms with van der Waals surface area (Å²) in [5, 5.41) is 3.47.